The van der Waals surface area contributed by atoms with Crippen LogP contribution in [0.15, 0.2) is 28.7 Å². The van der Waals surface area contributed by atoms with Gasteiger partial charge in [0.25, 0.3) is 0 Å². The van der Waals surface area contributed by atoms with E-state index < -0.39 is 6.04 Å². The van der Waals surface area contributed by atoms with Crippen molar-refractivity contribution in [1.82, 2.24) is 15.5 Å². The zero-order chi connectivity index (χ0) is 17.6. The molecule has 1 aliphatic carbocycles. The quantitative estimate of drug-likeness (QED) is 0.734. The minimum Gasteiger partial charge on any atom is -0.353 e. The van der Waals surface area contributed by atoms with E-state index in [0.717, 1.165) is 29.4 Å². The van der Waals surface area contributed by atoms with Gasteiger partial charge < -0.3 is 15.5 Å². The van der Waals surface area contributed by atoms with Crippen LogP contribution in [0.2, 0.25) is 0 Å². The van der Waals surface area contributed by atoms with E-state index in [4.69, 9.17) is 0 Å². The van der Waals surface area contributed by atoms with E-state index in [9.17, 15) is 9.59 Å². The van der Waals surface area contributed by atoms with Gasteiger partial charge >= 0.3 is 0 Å². The molecule has 0 radical (unpaired) electrons. The van der Waals surface area contributed by atoms with E-state index >= 15 is 0 Å². The molecule has 7 heteroatoms. The monoisotopic (exact) mass is 443 g/mol. The molecule has 1 saturated carbocycles. The largest absolute Gasteiger partial charge is 0.353 e. The van der Waals surface area contributed by atoms with Crippen molar-refractivity contribution < 1.29 is 9.59 Å². The lowest BCUT2D eigenvalue weighted by Gasteiger charge is -2.33. The van der Waals surface area contributed by atoms with Crippen molar-refractivity contribution in [2.45, 2.75) is 57.2 Å². The van der Waals surface area contributed by atoms with Gasteiger partial charge in [-0.25, -0.2) is 0 Å². The van der Waals surface area contributed by atoms with E-state index in [0.29, 0.717) is 13.1 Å². The van der Waals surface area contributed by atoms with E-state index in [1.807, 2.05) is 29.2 Å². The molecule has 2 aliphatic rings. The van der Waals surface area contributed by atoms with Crippen LogP contribution in [0.4, 0.5) is 0 Å². The predicted molar refractivity (Wildman–Crippen MR) is 108 cm³/mol. The van der Waals surface area contributed by atoms with Gasteiger partial charge in [0.15, 0.2) is 0 Å². The molecule has 144 valence electrons. The van der Waals surface area contributed by atoms with E-state index in [1.165, 1.54) is 19.3 Å². The van der Waals surface area contributed by atoms with E-state index in [2.05, 4.69) is 26.6 Å². The maximum Gasteiger partial charge on any atom is 0.240 e. The topological polar surface area (TPSA) is 61.4 Å². The second-order valence-electron chi connectivity index (χ2n) is 7.00. The smallest absolute Gasteiger partial charge is 0.240 e. The predicted octanol–water partition coefficient (Wildman–Crippen LogP) is 3.01. The van der Waals surface area contributed by atoms with Gasteiger partial charge in [-0.15, -0.1) is 12.4 Å². The Balaban J connectivity index is 0.00000243. The van der Waals surface area contributed by atoms with E-state index in [1.54, 1.807) is 0 Å². The third-order valence-corrected chi connectivity index (χ3v) is 5.50. The first-order valence-corrected chi connectivity index (χ1v) is 9.97. The Morgan fingerprint density at radius 1 is 1.27 bits per heavy atom. The van der Waals surface area contributed by atoms with Crippen molar-refractivity contribution in [3.63, 3.8) is 0 Å². The average Bonchev–Trinajstić information content (AvgIpc) is 2.59. The third kappa shape index (κ3) is 5.96. The number of nitrogens with zero attached hydrogens (tertiary/aromatic N) is 1. The van der Waals surface area contributed by atoms with Gasteiger partial charge in [-0.2, -0.15) is 0 Å². The maximum absolute atomic E-state index is 12.7. The second-order valence-corrected chi connectivity index (χ2v) is 7.92. The fraction of sp³-hybridized carbons (Fsp3) is 0.579. The lowest BCUT2D eigenvalue weighted by molar-refractivity contribution is -0.139. The zero-order valence-corrected chi connectivity index (χ0v) is 17.3. The van der Waals surface area contributed by atoms with Crippen molar-refractivity contribution in [2.24, 2.45) is 0 Å². The second kappa shape index (κ2) is 10.3. The Bertz CT molecular complexity index is 623. The third-order valence-electron chi connectivity index (χ3n) is 5.00. The molecule has 0 bridgehead atoms. The summed E-state index contributed by atoms with van der Waals surface area (Å²) in [7, 11) is 0. The first-order valence-electron chi connectivity index (χ1n) is 9.18. The minimum atomic E-state index is -0.413. The molecule has 0 aromatic heterocycles. The Kier molecular flexibility index (Phi) is 8.38. The molecular weight excluding hydrogens is 418 g/mol. The van der Waals surface area contributed by atoms with Gasteiger partial charge in [0.1, 0.15) is 0 Å². The molecule has 2 fully saturated rings. The molecule has 1 unspecified atom stereocenters. The van der Waals surface area contributed by atoms with Crippen molar-refractivity contribution in [1.29, 1.82) is 0 Å². The SMILES string of the molecule is Cl.O=C(CC1NCCN(Cc2cccc(Br)c2)C1=O)NC1CCCCC1. The highest BCUT2D eigenvalue weighted by molar-refractivity contribution is 9.10. The first kappa shape index (κ1) is 21.2. The normalized spacial score (nSPS) is 21.2. The van der Waals surface area contributed by atoms with Crippen LogP contribution in [0.3, 0.4) is 0 Å². The molecule has 26 heavy (non-hydrogen) atoms. The highest BCUT2D eigenvalue weighted by Gasteiger charge is 2.30. The molecule has 5 nitrogen and oxygen atoms in total. The fourth-order valence-electron chi connectivity index (χ4n) is 3.68. The highest BCUT2D eigenvalue weighted by atomic mass is 79.9. The number of hydrogen-bond donors (Lipinski definition) is 2. The summed E-state index contributed by atoms with van der Waals surface area (Å²) in [6, 6.07) is 7.87. The van der Waals surface area contributed by atoms with Gasteiger partial charge in [0.05, 0.1) is 12.5 Å². The summed E-state index contributed by atoms with van der Waals surface area (Å²) in [4.78, 5) is 26.9. The lowest BCUT2D eigenvalue weighted by Crippen LogP contribution is -2.56. The van der Waals surface area contributed by atoms with E-state index in [-0.39, 0.29) is 36.7 Å². The van der Waals surface area contributed by atoms with Crippen LogP contribution >= 0.6 is 28.3 Å². The Hall–Kier alpha value is -1.11. The number of rotatable bonds is 5. The highest BCUT2D eigenvalue weighted by Crippen LogP contribution is 2.18. The molecule has 1 atom stereocenters. The summed E-state index contributed by atoms with van der Waals surface area (Å²) in [6.07, 6.45) is 5.99. The van der Waals surface area contributed by atoms with Gasteiger partial charge in [-0.3, -0.25) is 9.59 Å². The molecule has 1 heterocycles. The Labute approximate surface area is 169 Å². The van der Waals surface area contributed by atoms with Crippen LogP contribution in [0, 0.1) is 0 Å². The summed E-state index contributed by atoms with van der Waals surface area (Å²) < 4.78 is 1.01. The average molecular weight is 445 g/mol. The maximum atomic E-state index is 12.7. The number of hydrogen-bond acceptors (Lipinski definition) is 3. The van der Waals surface area contributed by atoms with Crippen LogP contribution in [-0.2, 0) is 16.1 Å². The summed E-state index contributed by atoms with van der Waals surface area (Å²) in [5.74, 6) is 0.00655. The van der Waals surface area contributed by atoms with Crippen LogP contribution in [0.25, 0.3) is 0 Å². The fourth-order valence-corrected chi connectivity index (χ4v) is 4.13. The zero-order valence-electron chi connectivity index (χ0n) is 14.9. The van der Waals surface area contributed by atoms with Crippen molar-refractivity contribution in [2.75, 3.05) is 13.1 Å². The van der Waals surface area contributed by atoms with Gasteiger partial charge in [-0.05, 0) is 30.5 Å². The van der Waals surface area contributed by atoms with Crippen molar-refractivity contribution in [3.05, 3.63) is 34.3 Å². The molecule has 2 N–H and O–H groups in total. The number of nitrogens with one attached hydrogen (secondary N) is 2. The Morgan fingerprint density at radius 3 is 2.77 bits per heavy atom. The van der Waals surface area contributed by atoms with Crippen LogP contribution in [0.5, 0.6) is 0 Å². The molecule has 1 aromatic rings. The van der Waals surface area contributed by atoms with Crippen LogP contribution in [-0.4, -0.2) is 41.9 Å². The van der Waals surface area contributed by atoms with Crippen molar-refractivity contribution >= 4 is 40.2 Å². The van der Waals surface area contributed by atoms with Gasteiger partial charge in [0.2, 0.25) is 11.8 Å². The van der Waals surface area contributed by atoms with Gasteiger partial charge in [0, 0.05) is 30.1 Å². The summed E-state index contributed by atoms with van der Waals surface area (Å²) in [5.41, 5.74) is 1.09. The summed E-state index contributed by atoms with van der Waals surface area (Å²) in [6.45, 7) is 1.98. The molecule has 0 spiro atoms. The number of amides is 2. The molecule has 1 aliphatic heterocycles. The number of benzene rings is 1. The van der Waals surface area contributed by atoms with Crippen molar-refractivity contribution in [3.8, 4) is 0 Å². The molecule has 3 rings (SSSR count). The molecule has 2 amide bonds. The molecule has 1 aromatic carbocycles. The van der Waals surface area contributed by atoms with Crippen LogP contribution in [0.1, 0.15) is 44.1 Å². The first-order chi connectivity index (χ1) is 12.1. The molecular formula is C19H27BrClN3O2. The lowest BCUT2D eigenvalue weighted by atomic mass is 9.95. The number of carbonyl (C=O) groups excluding carboxylic acids is 2. The summed E-state index contributed by atoms with van der Waals surface area (Å²) >= 11 is 3.47. The number of piperazine rings is 1. The minimum absolute atomic E-state index is 0. The standard InChI is InChI=1S/C19H26BrN3O2.ClH/c20-15-6-4-5-14(11-15)13-23-10-9-21-17(19(23)25)12-18(24)22-16-7-2-1-3-8-16;/h4-6,11,16-17,21H,1-3,7-10,12-13H2,(H,22,24);1H. The number of carbonyl (C=O) groups is 2. The number of halogens is 2. The Morgan fingerprint density at radius 2 is 2.04 bits per heavy atom. The molecule has 1 saturated heterocycles. The summed E-state index contributed by atoms with van der Waals surface area (Å²) in [5, 5.41) is 6.31. The van der Waals surface area contributed by atoms with Gasteiger partial charge in [-0.1, -0.05) is 47.3 Å². The van der Waals surface area contributed by atoms with Crippen LogP contribution < -0.4 is 10.6 Å².